The van der Waals surface area contributed by atoms with Crippen LogP contribution in [0.2, 0.25) is 0 Å². The van der Waals surface area contributed by atoms with Crippen molar-refractivity contribution >= 4 is 21.8 Å². The van der Waals surface area contributed by atoms with Gasteiger partial charge in [0, 0.05) is 23.4 Å². The number of ether oxygens (including phenoxy) is 2. The summed E-state index contributed by atoms with van der Waals surface area (Å²) in [6.45, 7) is 3.36. The van der Waals surface area contributed by atoms with E-state index in [1.165, 1.54) is 0 Å². The van der Waals surface area contributed by atoms with Gasteiger partial charge in [0.15, 0.2) is 5.79 Å². The van der Waals surface area contributed by atoms with Crippen molar-refractivity contribution in [3.8, 4) is 0 Å². The number of nitrogens with one attached hydrogen (secondary N) is 1. The summed E-state index contributed by atoms with van der Waals surface area (Å²) in [5.74, 6) is -0.384. The summed E-state index contributed by atoms with van der Waals surface area (Å²) in [5, 5.41) is 3.13. The van der Waals surface area contributed by atoms with Crippen molar-refractivity contribution in [1.29, 1.82) is 0 Å². The molecule has 0 radical (unpaired) electrons. The average Bonchev–Trinajstić information content (AvgIpc) is 2.93. The van der Waals surface area contributed by atoms with Crippen LogP contribution < -0.4 is 5.32 Å². The molecule has 3 rings (SSSR count). The third kappa shape index (κ3) is 3.15. The molecule has 114 valence electrons. The Balaban J connectivity index is 1.60. The lowest BCUT2D eigenvalue weighted by atomic mass is 9.90. The van der Waals surface area contributed by atoms with E-state index < -0.39 is 0 Å². The number of hydrogen-bond donors (Lipinski definition) is 1. The van der Waals surface area contributed by atoms with Gasteiger partial charge in [0.2, 0.25) is 0 Å². The molecule has 1 saturated heterocycles. The molecular formula is C16H20BrNO3. The maximum atomic E-state index is 12.4. The van der Waals surface area contributed by atoms with Crippen LogP contribution in [0.5, 0.6) is 0 Å². The van der Waals surface area contributed by atoms with Gasteiger partial charge in [0.25, 0.3) is 5.91 Å². The van der Waals surface area contributed by atoms with Crippen molar-refractivity contribution < 1.29 is 14.3 Å². The number of amides is 1. The van der Waals surface area contributed by atoms with E-state index >= 15 is 0 Å². The van der Waals surface area contributed by atoms with Gasteiger partial charge in [-0.05, 0) is 47.3 Å². The Hall–Kier alpha value is -0.910. The van der Waals surface area contributed by atoms with Crippen LogP contribution in [0.4, 0.5) is 0 Å². The molecular weight excluding hydrogens is 334 g/mol. The predicted octanol–water partition coefficient (Wildman–Crippen LogP) is 3.17. The highest BCUT2D eigenvalue weighted by Gasteiger charge is 2.40. The summed E-state index contributed by atoms with van der Waals surface area (Å²) < 4.78 is 12.3. The number of aryl methyl sites for hydroxylation is 1. The first-order valence-electron chi connectivity index (χ1n) is 7.44. The normalized spacial score (nSPS) is 21.6. The van der Waals surface area contributed by atoms with Gasteiger partial charge in [-0.15, -0.1) is 0 Å². The first-order valence-corrected chi connectivity index (χ1v) is 8.23. The van der Waals surface area contributed by atoms with E-state index in [2.05, 4.69) is 21.2 Å². The average molecular weight is 354 g/mol. The molecule has 1 amide bonds. The fourth-order valence-corrected chi connectivity index (χ4v) is 3.52. The minimum absolute atomic E-state index is 0.0141. The molecule has 4 nitrogen and oxygen atoms in total. The van der Waals surface area contributed by atoms with Crippen LogP contribution in [0.25, 0.3) is 0 Å². The smallest absolute Gasteiger partial charge is 0.252 e. The molecule has 1 saturated carbocycles. The first kappa shape index (κ1) is 15.0. The lowest BCUT2D eigenvalue weighted by molar-refractivity contribution is -0.179. The van der Waals surface area contributed by atoms with Gasteiger partial charge in [0.1, 0.15) is 0 Å². The summed E-state index contributed by atoms with van der Waals surface area (Å²) in [5.41, 5.74) is 1.77. The summed E-state index contributed by atoms with van der Waals surface area (Å²) in [6.07, 6.45) is 3.50. The third-order valence-electron chi connectivity index (χ3n) is 4.33. The minimum atomic E-state index is -0.370. The van der Waals surface area contributed by atoms with Crippen LogP contribution in [0, 0.1) is 6.92 Å². The Morgan fingerprint density at radius 1 is 1.29 bits per heavy atom. The lowest BCUT2D eigenvalue weighted by Crippen LogP contribution is -2.44. The lowest BCUT2D eigenvalue weighted by Gasteiger charge is -2.35. The molecule has 1 N–H and O–H groups in total. The second kappa shape index (κ2) is 6.07. The Kier molecular flexibility index (Phi) is 4.33. The van der Waals surface area contributed by atoms with Crippen LogP contribution >= 0.6 is 15.9 Å². The molecule has 0 bridgehead atoms. The zero-order chi connectivity index (χ0) is 14.9. The van der Waals surface area contributed by atoms with E-state index in [9.17, 15) is 4.79 Å². The van der Waals surface area contributed by atoms with E-state index in [0.717, 1.165) is 35.7 Å². The van der Waals surface area contributed by atoms with Crippen molar-refractivity contribution in [3.63, 3.8) is 0 Å². The zero-order valence-corrected chi connectivity index (χ0v) is 13.7. The maximum absolute atomic E-state index is 12.4. The molecule has 0 aromatic heterocycles. The molecule has 2 aliphatic rings. The van der Waals surface area contributed by atoms with Gasteiger partial charge < -0.3 is 14.8 Å². The SMILES string of the molecule is Cc1cccc(C(=O)NC2CCC3(CC2)OCCO3)c1Br. The van der Waals surface area contributed by atoms with E-state index in [1.54, 1.807) is 0 Å². The fourth-order valence-electron chi connectivity index (χ4n) is 3.07. The molecule has 21 heavy (non-hydrogen) atoms. The largest absolute Gasteiger partial charge is 0.349 e. The zero-order valence-electron chi connectivity index (χ0n) is 12.2. The minimum Gasteiger partial charge on any atom is -0.349 e. The van der Waals surface area contributed by atoms with Crippen molar-refractivity contribution in [2.45, 2.75) is 44.4 Å². The molecule has 1 aromatic rings. The topological polar surface area (TPSA) is 47.6 Å². The summed E-state index contributed by atoms with van der Waals surface area (Å²) in [7, 11) is 0. The van der Waals surface area contributed by atoms with Crippen LogP contribution in [0.3, 0.4) is 0 Å². The number of carbonyl (C=O) groups excluding carboxylic acids is 1. The van der Waals surface area contributed by atoms with Gasteiger partial charge >= 0.3 is 0 Å². The molecule has 5 heteroatoms. The van der Waals surface area contributed by atoms with E-state index in [1.807, 2.05) is 25.1 Å². The van der Waals surface area contributed by atoms with Crippen LogP contribution in [-0.4, -0.2) is 30.9 Å². The van der Waals surface area contributed by atoms with Crippen molar-refractivity contribution in [3.05, 3.63) is 33.8 Å². The van der Waals surface area contributed by atoms with E-state index in [4.69, 9.17) is 9.47 Å². The quantitative estimate of drug-likeness (QED) is 0.888. The van der Waals surface area contributed by atoms with E-state index in [-0.39, 0.29) is 17.7 Å². The number of benzene rings is 1. The molecule has 0 atom stereocenters. The Morgan fingerprint density at radius 3 is 2.62 bits per heavy atom. The molecule has 1 spiro atoms. The molecule has 2 fully saturated rings. The highest BCUT2D eigenvalue weighted by Crippen LogP contribution is 2.35. The predicted molar refractivity (Wildman–Crippen MR) is 83.2 cm³/mol. The molecule has 1 heterocycles. The van der Waals surface area contributed by atoms with Crippen molar-refractivity contribution in [2.75, 3.05) is 13.2 Å². The number of hydrogen-bond acceptors (Lipinski definition) is 3. The number of rotatable bonds is 2. The molecule has 1 aliphatic carbocycles. The Morgan fingerprint density at radius 2 is 1.95 bits per heavy atom. The van der Waals surface area contributed by atoms with Crippen LogP contribution in [0.1, 0.15) is 41.6 Å². The van der Waals surface area contributed by atoms with Gasteiger partial charge in [-0.3, -0.25) is 4.79 Å². The summed E-state index contributed by atoms with van der Waals surface area (Å²) in [6, 6.07) is 5.94. The second-order valence-electron chi connectivity index (χ2n) is 5.79. The summed E-state index contributed by atoms with van der Waals surface area (Å²) >= 11 is 3.49. The fraction of sp³-hybridized carbons (Fsp3) is 0.562. The van der Waals surface area contributed by atoms with E-state index in [0.29, 0.717) is 18.8 Å². The first-order chi connectivity index (χ1) is 10.1. The summed E-state index contributed by atoms with van der Waals surface area (Å²) in [4.78, 5) is 12.4. The third-order valence-corrected chi connectivity index (χ3v) is 5.39. The van der Waals surface area contributed by atoms with Gasteiger partial charge in [0.05, 0.1) is 18.8 Å². The number of carbonyl (C=O) groups is 1. The number of halogens is 1. The van der Waals surface area contributed by atoms with Crippen molar-refractivity contribution in [2.24, 2.45) is 0 Å². The molecule has 1 aromatic carbocycles. The molecule has 0 unspecified atom stereocenters. The highest BCUT2D eigenvalue weighted by atomic mass is 79.9. The molecule has 1 aliphatic heterocycles. The maximum Gasteiger partial charge on any atom is 0.252 e. The van der Waals surface area contributed by atoms with Crippen molar-refractivity contribution in [1.82, 2.24) is 5.32 Å². The van der Waals surface area contributed by atoms with Crippen LogP contribution in [0.15, 0.2) is 22.7 Å². The standard InChI is InChI=1S/C16H20BrNO3/c1-11-3-2-4-13(14(11)17)15(19)18-12-5-7-16(8-6-12)20-9-10-21-16/h2-4,12H,5-10H2,1H3,(H,18,19). The monoisotopic (exact) mass is 353 g/mol. The van der Waals surface area contributed by atoms with Gasteiger partial charge in [-0.1, -0.05) is 12.1 Å². The van der Waals surface area contributed by atoms with Gasteiger partial charge in [-0.2, -0.15) is 0 Å². The highest BCUT2D eigenvalue weighted by molar-refractivity contribution is 9.10. The van der Waals surface area contributed by atoms with Gasteiger partial charge in [-0.25, -0.2) is 0 Å². The van der Waals surface area contributed by atoms with Crippen LogP contribution in [-0.2, 0) is 9.47 Å². The second-order valence-corrected chi connectivity index (χ2v) is 6.58. The Bertz CT molecular complexity index is 530. The Labute approximate surface area is 133 Å².